The third-order valence-corrected chi connectivity index (χ3v) is 2.94. The van der Waals surface area contributed by atoms with Crippen LogP contribution >= 0.6 is 11.6 Å². The van der Waals surface area contributed by atoms with Gasteiger partial charge in [0.05, 0.1) is 10.7 Å². The predicted molar refractivity (Wildman–Crippen MR) is 67.4 cm³/mol. The standard InChI is InChI=1S/C13H10ClN3/c14-9-3-1-8(2-4-9)13-16-11-6-5-10(15)7-12(11)17-13/h1-7,13H,15H2/t13-/m0/s1. The van der Waals surface area contributed by atoms with Crippen LogP contribution in [0.5, 0.6) is 0 Å². The molecule has 2 aromatic rings. The second-order valence-electron chi connectivity index (χ2n) is 3.93. The lowest BCUT2D eigenvalue weighted by Crippen LogP contribution is -2.21. The average molecular weight is 244 g/mol. The Hall–Kier alpha value is -1.87. The molecule has 0 fully saturated rings. The Kier molecular flexibility index (Phi) is 2.34. The van der Waals surface area contributed by atoms with Crippen LogP contribution in [0.3, 0.4) is 0 Å². The van der Waals surface area contributed by atoms with E-state index in [1.54, 1.807) is 0 Å². The largest absolute Gasteiger partial charge is 0.399 e. The first-order chi connectivity index (χ1) is 8.22. The molecule has 1 aliphatic rings. The molecule has 1 aliphatic heterocycles. The van der Waals surface area contributed by atoms with E-state index in [2.05, 4.69) is 9.98 Å². The molecule has 0 bridgehead atoms. The molecule has 17 heavy (non-hydrogen) atoms. The van der Waals surface area contributed by atoms with Crippen LogP contribution in [-0.4, -0.2) is 0 Å². The fourth-order valence-corrected chi connectivity index (χ4v) is 1.96. The Labute approximate surface area is 103 Å². The molecular formula is C13H10ClN3. The van der Waals surface area contributed by atoms with Gasteiger partial charge in [0, 0.05) is 10.7 Å². The summed E-state index contributed by atoms with van der Waals surface area (Å²) in [5, 5.41) is 2.46. The Bertz CT molecular complexity index is 677. The summed E-state index contributed by atoms with van der Waals surface area (Å²) in [6, 6.07) is 13.1. The highest BCUT2D eigenvalue weighted by molar-refractivity contribution is 6.30. The Morgan fingerprint density at radius 1 is 0.941 bits per heavy atom. The van der Waals surface area contributed by atoms with E-state index in [1.807, 2.05) is 42.5 Å². The first kappa shape index (κ1) is 10.3. The summed E-state index contributed by atoms with van der Waals surface area (Å²) < 4.78 is 0. The van der Waals surface area contributed by atoms with E-state index < -0.39 is 0 Å². The van der Waals surface area contributed by atoms with Crippen molar-refractivity contribution in [2.75, 3.05) is 5.73 Å². The summed E-state index contributed by atoms with van der Waals surface area (Å²) in [7, 11) is 0. The van der Waals surface area contributed by atoms with Gasteiger partial charge in [-0.25, -0.2) is 0 Å². The van der Waals surface area contributed by atoms with Crippen LogP contribution in [0, 0.1) is 0 Å². The van der Waals surface area contributed by atoms with Crippen LogP contribution in [-0.2, 0) is 0 Å². The lowest BCUT2D eigenvalue weighted by atomic mass is 10.2. The van der Waals surface area contributed by atoms with Crippen LogP contribution in [0.2, 0.25) is 5.02 Å². The van der Waals surface area contributed by atoms with E-state index in [0.29, 0.717) is 10.7 Å². The van der Waals surface area contributed by atoms with E-state index in [0.717, 1.165) is 16.3 Å². The van der Waals surface area contributed by atoms with Crippen LogP contribution in [0.4, 0.5) is 5.69 Å². The summed E-state index contributed by atoms with van der Waals surface area (Å²) in [6.45, 7) is 0. The maximum Gasteiger partial charge on any atom is 0.166 e. The van der Waals surface area contributed by atoms with E-state index >= 15 is 0 Å². The number of hydrogen-bond acceptors (Lipinski definition) is 3. The maximum absolute atomic E-state index is 5.85. The summed E-state index contributed by atoms with van der Waals surface area (Å²) in [6.07, 6.45) is -0.177. The van der Waals surface area contributed by atoms with Crippen molar-refractivity contribution in [3.63, 3.8) is 0 Å². The molecule has 1 atom stereocenters. The van der Waals surface area contributed by atoms with Gasteiger partial charge in [0.25, 0.3) is 0 Å². The van der Waals surface area contributed by atoms with Crippen molar-refractivity contribution in [1.29, 1.82) is 0 Å². The number of nitrogens with two attached hydrogens (primary N) is 1. The minimum absolute atomic E-state index is 0.177. The minimum atomic E-state index is -0.177. The number of halogens is 1. The highest BCUT2D eigenvalue weighted by atomic mass is 35.5. The normalized spacial score (nSPS) is 17.1. The van der Waals surface area contributed by atoms with Gasteiger partial charge < -0.3 is 5.73 Å². The molecule has 84 valence electrons. The molecule has 0 spiro atoms. The van der Waals surface area contributed by atoms with Crippen molar-refractivity contribution in [2.45, 2.75) is 6.17 Å². The lowest BCUT2D eigenvalue weighted by molar-refractivity contribution is 0.771. The zero-order valence-corrected chi connectivity index (χ0v) is 9.72. The molecule has 0 saturated heterocycles. The summed E-state index contributed by atoms with van der Waals surface area (Å²) in [5.41, 5.74) is 7.46. The van der Waals surface area contributed by atoms with Gasteiger partial charge in [-0.1, -0.05) is 23.7 Å². The third kappa shape index (κ3) is 1.89. The number of nitrogens with zero attached hydrogens (tertiary/aromatic N) is 2. The van der Waals surface area contributed by atoms with E-state index in [-0.39, 0.29) is 6.17 Å². The molecule has 4 heteroatoms. The number of hydrogen-bond donors (Lipinski definition) is 1. The quantitative estimate of drug-likeness (QED) is 0.764. The molecule has 0 unspecified atom stereocenters. The zero-order valence-electron chi connectivity index (χ0n) is 8.97. The van der Waals surface area contributed by atoms with Gasteiger partial charge in [-0.05, 0) is 35.9 Å². The van der Waals surface area contributed by atoms with Gasteiger partial charge in [0.2, 0.25) is 0 Å². The number of fused-ring (bicyclic) bond motifs is 1. The molecule has 1 heterocycles. The third-order valence-electron chi connectivity index (χ3n) is 2.69. The molecule has 0 aromatic heterocycles. The molecular weight excluding hydrogens is 234 g/mol. The van der Waals surface area contributed by atoms with Gasteiger partial charge >= 0.3 is 0 Å². The Morgan fingerprint density at radius 3 is 2.41 bits per heavy atom. The van der Waals surface area contributed by atoms with Crippen molar-refractivity contribution >= 4 is 17.3 Å². The average Bonchev–Trinajstić information content (AvgIpc) is 2.72. The molecule has 0 amide bonds. The Morgan fingerprint density at radius 2 is 1.65 bits per heavy atom. The second kappa shape index (κ2) is 3.86. The van der Waals surface area contributed by atoms with Crippen LogP contribution in [0.25, 0.3) is 0 Å². The van der Waals surface area contributed by atoms with Crippen molar-refractivity contribution in [3.8, 4) is 0 Å². The Balaban J connectivity index is 2.07. The number of anilines is 1. The molecule has 0 saturated carbocycles. The van der Waals surface area contributed by atoms with Crippen LogP contribution < -0.4 is 16.4 Å². The number of nitrogen functional groups attached to an aromatic ring is 1. The van der Waals surface area contributed by atoms with Crippen molar-refractivity contribution < 1.29 is 0 Å². The van der Waals surface area contributed by atoms with Gasteiger partial charge in [-0.15, -0.1) is 0 Å². The molecule has 3 nitrogen and oxygen atoms in total. The second-order valence-corrected chi connectivity index (χ2v) is 4.37. The van der Waals surface area contributed by atoms with Gasteiger partial charge in [-0.3, -0.25) is 9.98 Å². The molecule has 0 radical (unpaired) electrons. The molecule has 2 aromatic carbocycles. The first-order valence-corrected chi connectivity index (χ1v) is 5.67. The van der Waals surface area contributed by atoms with E-state index in [1.165, 1.54) is 0 Å². The lowest BCUT2D eigenvalue weighted by Gasteiger charge is -2.03. The summed E-state index contributed by atoms with van der Waals surface area (Å²) >= 11 is 5.85. The zero-order chi connectivity index (χ0) is 11.8. The number of rotatable bonds is 1. The van der Waals surface area contributed by atoms with E-state index in [9.17, 15) is 0 Å². The van der Waals surface area contributed by atoms with Gasteiger partial charge in [-0.2, -0.15) is 0 Å². The van der Waals surface area contributed by atoms with Gasteiger partial charge in [0.15, 0.2) is 6.17 Å². The fraction of sp³-hybridized carbons (Fsp3) is 0.0769. The molecule has 2 N–H and O–H groups in total. The first-order valence-electron chi connectivity index (χ1n) is 5.29. The van der Waals surface area contributed by atoms with Crippen LogP contribution in [0.15, 0.2) is 52.4 Å². The van der Waals surface area contributed by atoms with Crippen molar-refractivity contribution in [2.24, 2.45) is 9.98 Å². The smallest absolute Gasteiger partial charge is 0.166 e. The maximum atomic E-state index is 5.85. The topological polar surface area (TPSA) is 50.7 Å². The minimum Gasteiger partial charge on any atom is -0.399 e. The predicted octanol–water partition coefficient (Wildman–Crippen LogP) is 1.87. The summed E-state index contributed by atoms with van der Waals surface area (Å²) in [4.78, 5) is 9.05. The van der Waals surface area contributed by atoms with Crippen molar-refractivity contribution in [1.82, 2.24) is 0 Å². The van der Waals surface area contributed by atoms with Crippen LogP contribution in [0.1, 0.15) is 11.7 Å². The van der Waals surface area contributed by atoms with E-state index in [4.69, 9.17) is 17.3 Å². The number of benzene rings is 2. The SMILES string of the molecule is Nc1ccc2c(c1)=N[C@@H](c1ccc(Cl)cc1)N=2. The monoisotopic (exact) mass is 243 g/mol. The van der Waals surface area contributed by atoms with Crippen molar-refractivity contribution in [3.05, 3.63) is 63.8 Å². The highest BCUT2D eigenvalue weighted by Gasteiger charge is 2.12. The highest BCUT2D eigenvalue weighted by Crippen LogP contribution is 2.21. The fourth-order valence-electron chi connectivity index (χ4n) is 1.83. The summed E-state index contributed by atoms with van der Waals surface area (Å²) in [5.74, 6) is 0. The molecule has 3 rings (SSSR count). The molecule has 0 aliphatic carbocycles. The van der Waals surface area contributed by atoms with Gasteiger partial charge in [0.1, 0.15) is 0 Å².